The Morgan fingerprint density at radius 3 is 2.00 bits per heavy atom. The second-order valence-corrected chi connectivity index (χ2v) is 4.19. The minimum atomic E-state index is -5.14. The number of methoxy groups -OCH3 is 1. The number of alkyl halides is 6. The molecule has 0 bridgehead atoms. The van der Waals surface area contributed by atoms with E-state index in [-0.39, 0.29) is 0 Å². The lowest BCUT2D eigenvalue weighted by Crippen LogP contribution is -2.21. The predicted octanol–water partition coefficient (Wildman–Crippen LogP) is 4.27. The molecule has 106 valence electrons. The number of carbonyl (C=O) groups is 1. The molecule has 1 aromatic rings. The summed E-state index contributed by atoms with van der Waals surface area (Å²) in [5, 5.41) is 0. The fourth-order valence-corrected chi connectivity index (χ4v) is 1.96. The van der Waals surface area contributed by atoms with Gasteiger partial charge in [-0.25, -0.2) is 4.79 Å². The van der Waals surface area contributed by atoms with E-state index in [4.69, 9.17) is 0 Å². The van der Waals surface area contributed by atoms with Crippen LogP contribution >= 0.6 is 15.9 Å². The maximum Gasteiger partial charge on any atom is 0.418 e. The van der Waals surface area contributed by atoms with Crippen molar-refractivity contribution in [2.45, 2.75) is 12.4 Å². The van der Waals surface area contributed by atoms with Gasteiger partial charge in [0.1, 0.15) is 0 Å². The third-order valence-corrected chi connectivity index (χ3v) is 2.79. The van der Waals surface area contributed by atoms with E-state index in [1.54, 1.807) is 0 Å². The molecule has 9 heteroatoms. The van der Waals surface area contributed by atoms with Gasteiger partial charge in [0.25, 0.3) is 0 Å². The molecule has 0 spiro atoms. The molecule has 0 fully saturated rings. The molecule has 0 heterocycles. The summed E-state index contributed by atoms with van der Waals surface area (Å²) in [5.41, 5.74) is -4.97. The third-order valence-electron chi connectivity index (χ3n) is 2.13. The van der Waals surface area contributed by atoms with Crippen LogP contribution in [0.4, 0.5) is 26.3 Å². The van der Waals surface area contributed by atoms with Crippen LogP contribution in [0.3, 0.4) is 0 Å². The molecule has 0 saturated heterocycles. The number of carbonyl (C=O) groups excluding carboxylic acids is 1. The molecule has 19 heavy (non-hydrogen) atoms. The van der Waals surface area contributed by atoms with Crippen LogP contribution in [0.15, 0.2) is 16.6 Å². The van der Waals surface area contributed by atoms with Gasteiger partial charge in [0.2, 0.25) is 0 Å². The minimum absolute atomic E-state index is 0.381. The molecule has 0 amide bonds. The van der Waals surface area contributed by atoms with Crippen molar-refractivity contribution in [1.82, 2.24) is 0 Å². The van der Waals surface area contributed by atoms with Crippen LogP contribution < -0.4 is 0 Å². The summed E-state index contributed by atoms with van der Waals surface area (Å²) in [6.07, 6.45) is -10.2. The molecule has 0 aliphatic rings. The first-order chi connectivity index (χ1) is 8.50. The zero-order chi connectivity index (χ0) is 15.0. The molecular weight excluding hydrogens is 346 g/mol. The fraction of sp³-hybridized carbons (Fsp3) is 0.300. The smallest absolute Gasteiger partial charge is 0.418 e. The molecule has 0 saturated carbocycles. The summed E-state index contributed by atoms with van der Waals surface area (Å²) in [5.74, 6) is -1.71. The molecule has 0 aliphatic carbocycles. The van der Waals surface area contributed by atoms with Crippen LogP contribution in [-0.4, -0.2) is 13.1 Å². The van der Waals surface area contributed by atoms with Crippen molar-refractivity contribution < 1.29 is 35.9 Å². The van der Waals surface area contributed by atoms with Gasteiger partial charge in [-0.3, -0.25) is 0 Å². The van der Waals surface area contributed by atoms with Crippen molar-refractivity contribution in [3.05, 3.63) is 33.3 Å². The Balaban J connectivity index is 3.76. The summed E-state index contributed by atoms with van der Waals surface area (Å²) in [6, 6.07) is 0.962. The van der Waals surface area contributed by atoms with Gasteiger partial charge < -0.3 is 4.74 Å². The maximum atomic E-state index is 12.8. The minimum Gasteiger partial charge on any atom is -0.465 e. The molecule has 2 nitrogen and oxygen atoms in total. The molecule has 0 N–H and O–H groups in total. The Morgan fingerprint density at radius 2 is 1.63 bits per heavy atom. The predicted molar refractivity (Wildman–Crippen MR) is 55.5 cm³/mol. The summed E-state index contributed by atoms with van der Waals surface area (Å²) in [7, 11) is 0.698. The van der Waals surface area contributed by atoms with E-state index in [2.05, 4.69) is 20.7 Å². The van der Waals surface area contributed by atoms with Crippen molar-refractivity contribution in [1.29, 1.82) is 0 Å². The molecule has 0 aromatic heterocycles. The Morgan fingerprint density at radius 1 is 1.11 bits per heavy atom. The Hall–Kier alpha value is -1.25. The quantitative estimate of drug-likeness (QED) is 0.558. The summed E-state index contributed by atoms with van der Waals surface area (Å²) < 4.78 is 79.6. The lowest BCUT2D eigenvalue weighted by Gasteiger charge is -2.18. The van der Waals surface area contributed by atoms with E-state index in [0.717, 1.165) is 0 Å². The van der Waals surface area contributed by atoms with Crippen molar-refractivity contribution in [3.63, 3.8) is 0 Å². The van der Waals surface area contributed by atoms with Crippen molar-refractivity contribution in [2.75, 3.05) is 7.11 Å². The third kappa shape index (κ3) is 3.20. The molecule has 0 aliphatic heterocycles. The lowest BCUT2D eigenvalue weighted by molar-refractivity contribution is -0.144. The van der Waals surface area contributed by atoms with Crippen LogP contribution in [0.5, 0.6) is 0 Å². The normalized spacial score (nSPS) is 12.4. The van der Waals surface area contributed by atoms with E-state index in [1.807, 2.05) is 0 Å². The first-order valence-corrected chi connectivity index (χ1v) is 5.34. The molecule has 0 unspecified atom stereocenters. The van der Waals surface area contributed by atoms with E-state index < -0.39 is 39.5 Å². The number of halogens is 7. The second-order valence-electron chi connectivity index (χ2n) is 3.33. The molecule has 1 rings (SSSR count). The zero-order valence-corrected chi connectivity index (χ0v) is 10.7. The Bertz CT molecular complexity index is 506. The highest BCUT2D eigenvalue weighted by molar-refractivity contribution is 9.10. The highest BCUT2D eigenvalue weighted by Crippen LogP contribution is 2.43. The molecular formula is C10H5BrF6O2. The van der Waals surface area contributed by atoms with Gasteiger partial charge in [-0.2, -0.15) is 26.3 Å². The zero-order valence-electron chi connectivity index (χ0n) is 9.12. The summed E-state index contributed by atoms with van der Waals surface area (Å²) >= 11 is 2.49. The van der Waals surface area contributed by atoms with Crippen molar-refractivity contribution in [2.24, 2.45) is 0 Å². The maximum absolute atomic E-state index is 12.8. The van der Waals surface area contributed by atoms with Gasteiger partial charge in [-0.1, -0.05) is 15.9 Å². The van der Waals surface area contributed by atoms with Crippen LogP contribution in [0.2, 0.25) is 0 Å². The van der Waals surface area contributed by atoms with Gasteiger partial charge in [0.05, 0.1) is 23.8 Å². The van der Waals surface area contributed by atoms with Crippen molar-refractivity contribution >= 4 is 21.9 Å². The number of rotatable bonds is 1. The summed E-state index contributed by atoms with van der Waals surface area (Å²) in [4.78, 5) is 11.3. The van der Waals surface area contributed by atoms with Gasteiger partial charge in [0, 0.05) is 4.47 Å². The van der Waals surface area contributed by atoms with Crippen molar-refractivity contribution in [3.8, 4) is 0 Å². The number of esters is 1. The van der Waals surface area contributed by atoms with E-state index in [0.29, 0.717) is 19.2 Å². The van der Waals surface area contributed by atoms with E-state index in [9.17, 15) is 31.1 Å². The monoisotopic (exact) mass is 350 g/mol. The van der Waals surface area contributed by atoms with Crippen LogP contribution in [0.1, 0.15) is 21.5 Å². The average molecular weight is 351 g/mol. The highest BCUT2D eigenvalue weighted by Gasteiger charge is 2.44. The Labute approximate surface area is 111 Å². The lowest BCUT2D eigenvalue weighted by atomic mass is 10.00. The van der Waals surface area contributed by atoms with Crippen LogP contribution in [-0.2, 0) is 17.1 Å². The first-order valence-electron chi connectivity index (χ1n) is 4.55. The van der Waals surface area contributed by atoms with Crippen LogP contribution in [0.25, 0.3) is 0 Å². The number of benzene rings is 1. The molecule has 1 aromatic carbocycles. The van der Waals surface area contributed by atoms with Gasteiger partial charge in [-0.05, 0) is 12.1 Å². The Kier molecular flexibility index (Phi) is 4.18. The largest absolute Gasteiger partial charge is 0.465 e. The van der Waals surface area contributed by atoms with Crippen LogP contribution in [0, 0.1) is 0 Å². The topological polar surface area (TPSA) is 26.3 Å². The molecule has 0 radical (unpaired) electrons. The van der Waals surface area contributed by atoms with Gasteiger partial charge in [0.15, 0.2) is 0 Å². The number of hydrogen-bond donors (Lipinski definition) is 0. The van der Waals surface area contributed by atoms with Gasteiger partial charge >= 0.3 is 18.3 Å². The first kappa shape index (κ1) is 15.8. The number of hydrogen-bond acceptors (Lipinski definition) is 2. The number of ether oxygens (including phenoxy) is 1. The highest BCUT2D eigenvalue weighted by atomic mass is 79.9. The van der Waals surface area contributed by atoms with Gasteiger partial charge in [-0.15, -0.1) is 0 Å². The SMILES string of the molecule is COC(=O)c1c(C(F)(F)F)ccc(Br)c1C(F)(F)F. The van der Waals surface area contributed by atoms with E-state index >= 15 is 0 Å². The average Bonchev–Trinajstić information content (AvgIpc) is 2.24. The second kappa shape index (κ2) is 5.03. The van der Waals surface area contributed by atoms with E-state index in [1.165, 1.54) is 0 Å². The molecule has 0 atom stereocenters. The summed E-state index contributed by atoms with van der Waals surface area (Å²) in [6.45, 7) is 0. The fourth-order valence-electron chi connectivity index (χ4n) is 1.40. The standard InChI is InChI=1S/C10H5BrF6O2/c1-19-8(18)6-4(9(12,13)14)2-3-5(11)7(6)10(15,16)17/h2-3H,1H3.